The second kappa shape index (κ2) is 8.22. The Labute approximate surface area is 163 Å². The van der Waals surface area contributed by atoms with Gasteiger partial charge in [-0.25, -0.2) is 4.98 Å². The van der Waals surface area contributed by atoms with Crippen molar-refractivity contribution < 1.29 is 9.84 Å². The van der Waals surface area contributed by atoms with E-state index in [9.17, 15) is 9.90 Å². The van der Waals surface area contributed by atoms with Gasteiger partial charge in [-0.05, 0) is 42.7 Å². The number of thiophene rings is 2. The van der Waals surface area contributed by atoms with Crippen molar-refractivity contribution in [2.45, 2.75) is 43.6 Å². The standard InChI is InChI=1S/C18H20N2O3S3/c21-11(8-23-9-12-4-3-7-24-12)10-25-18-19-16(22)15-13-5-1-2-6-14(13)26-17(15)20-18/h3-4,7,11,21H,1-2,5-6,8-10H2,(H,19,20,22)/t11-/m1/s1. The summed E-state index contributed by atoms with van der Waals surface area (Å²) < 4.78 is 5.53. The lowest BCUT2D eigenvalue weighted by atomic mass is 9.97. The van der Waals surface area contributed by atoms with Crippen molar-refractivity contribution in [1.29, 1.82) is 0 Å². The summed E-state index contributed by atoms with van der Waals surface area (Å²) in [5.41, 5.74) is 1.14. The zero-order chi connectivity index (χ0) is 17.9. The van der Waals surface area contributed by atoms with Crippen LogP contribution in [-0.4, -0.2) is 33.5 Å². The van der Waals surface area contributed by atoms with Crippen LogP contribution in [0.4, 0.5) is 0 Å². The molecule has 3 aromatic rings. The van der Waals surface area contributed by atoms with Gasteiger partial charge >= 0.3 is 0 Å². The summed E-state index contributed by atoms with van der Waals surface area (Å²) in [7, 11) is 0. The number of rotatable bonds is 7. The monoisotopic (exact) mass is 408 g/mol. The van der Waals surface area contributed by atoms with Crippen molar-refractivity contribution in [3.8, 4) is 0 Å². The van der Waals surface area contributed by atoms with Crippen LogP contribution < -0.4 is 5.56 Å². The van der Waals surface area contributed by atoms with Crippen LogP contribution in [0.5, 0.6) is 0 Å². The Morgan fingerprint density at radius 2 is 2.27 bits per heavy atom. The van der Waals surface area contributed by atoms with Gasteiger partial charge in [0.15, 0.2) is 5.16 Å². The Bertz CT molecular complexity index is 933. The molecular formula is C18H20N2O3S3. The average molecular weight is 409 g/mol. The van der Waals surface area contributed by atoms with E-state index in [1.807, 2.05) is 17.5 Å². The maximum absolute atomic E-state index is 12.5. The molecule has 3 aromatic heterocycles. The van der Waals surface area contributed by atoms with Gasteiger partial charge in [-0.15, -0.1) is 22.7 Å². The number of ether oxygens (including phenoxy) is 1. The molecule has 1 aliphatic carbocycles. The molecule has 138 valence electrons. The fraction of sp³-hybridized carbons (Fsp3) is 0.444. The van der Waals surface area contributed by atoms with Crippen molar-refractivity contribution in [3.63, 3.8) is 0 Å². The van der Waals surface area contributed by atoms with Crippen LogP contribution in [0.1, 0.15) is 28.2 Å². The largest absolute Gasteiger partial charge is 0.390 e. The van der Waals surface area contributed by atoms with Crippen molar-refractivity contribution in [2.75, 3.05) is 12.4 Å². The normalized spacial score (nSPS) is 15.3. The fourth-order valence-electron chi connectivity index (χ4n) is 3.13. The Morgan fingerprint density at radius 3 is 3.12 bits per heavy atom. The van der Waals surface area contributed by atoms with Gasteiger partial charge in [0.1, 0.15) is 4.83 Å². The Kier molecular flexibility index (Phi) is 5.75. The molecule has 0 bridgehead atoms. The van der Waals surface area contributed by atoms with Crippen molar-refractivity contribution in [3.05, 3.63) is 43.2 Å². The van der Waals surface area contributed by atoms with E-state index in [2.05, 4.69) is 9.97 Å². The first-order valence-corrected chi connectivity index (χ1v) is 11.3. The van der Waals surface area contributed by atoms with E-state index in [4.69, 9.17) is 4.74 Å². The van der Waals surface area contributed by atoms with E-state index in [-0.39, 0.29) is 12.2 Å². The highest BCUT2D eigenvalue weighted by Crippen LogP contribution is 2.34. The van der Waals surface area contributed by atoms with E-state index < -0.39 is 6.10 Å². The summed E-state index contributed by atoms with van der Waals surface area (Å²) in [4.78, 5) is 23.3. The summed E-state index contributed by atoms with van der Waals surface area (Å²) in [5.74, 6) is 0.435. The van der Waals surface area contributed by atoms with Crippen molar-refractivity contribution in [2.24, 2.45) is 0 Å². The molecule has 26 heavy (non-hydrogen) atoms. The molecule has 1 aliphatic rings. The predicted octanol–water partition coefficient (Wildman–Crippen LogP) is 3.59. The second-order valence-corrected chi connectivity index (χ2v) is 9.45. The minimum absolute atomic E-state index is 0.0552. The molecule has 0 radical (unpaired) electrons. The van der Waals surface area contributed by atoms with Crippen LogP contribution in [0.3, 0.4) is 0 Å². The number of thioether (sulfide) groups is 1. The first-order valence-electron chi connectivity index (χ1n) is 8.66. The molecule has 0 amide bonds. The number of nitrogens with one attached hydrogen (secondary N) is 1. The van der Waals surface area contributed by atoms with Gasteiger partial charge in [-0.1, -0.05) is 17.8 Å². The molecule has 0 saturated heterocycles. The van der Waals surface area contributed by atoms with Gasteiger partial charge in [0, 0.05) is 15.5 Å². The first kappa shape index (κ1) is 18.2. The van der Waals surface area contributed by atoms with Crippen molar-refractivity contribution in [1.82, 2.24) is 9.97 Å². The molecule has 1 atom stereocenters. The number of aromatic amines is 1. The van der Waals surface area contributed by atoms with E-state index in [1.165, 1.54) is 28.6 Å². The van der Waals surface area contributed by atoms with Crippen LogP contribution in [0.25, 0.3) is 10.2 Å². The number of aliphatic hydroxyl groups is 1. The smallest absolute Gasteiger partial charge is 0.260 e. The summed E-state index contributed by atoms with van der Waals surface area (Å²) in [6.07, 6.45) is 3.77. The second-order valence-electron chi connectivity index (χ2n) is 6.32. The average Bonchev–Trinajstić information content (AvgIpc) is 3.27. The third-order valence-corrected chi connectivity index (χ3v) is 7.40. The Hall–Kier alpha value is -1.19. The highest BCUT2D eigenvalue weighted by atomic mass is 32.2. The molecule has 0 saturated carbocycles. The molecule has 4 rings (SSSR count). The topological polar surface area (TPSA) is 75.2 Å². The molecule has 3 heterocycles. The fourth-order valence-corrected chi connectivity index (χ4v) is 5.85. The number of fused-ring (bicyclic) bond motifs is 3. The third-order valence-electron chi connectivity index (χ3n) is 4.35. The van der Waals surface area contributed by atoms with Crippen molar-refractivity contribution >= 4 is 44.7 Å². The highest BCUT2D eigenvalue weighted by molar-refractivity contribution is 7.99. The molecule has 2 N–H and O–H groups in total. The summed E-state index contributed by atoms with van der Waals surface area (Å²) in [6.45, 7) is 0.784. The van der Waals surface area contributed by atoms with E-state index in [0.29, 0.717) is 17.5 Å². The number of nitrogens with zero attached hydrogens (tertiary/aromatic N) is 1. The first-order chi connectivity index (χ1) is 12.7. The molecule has 0 spiro atoms. The summed E-state index contributed by atoms with van der Waals surface area (Å²) >= 11 is 4.65. The molecule has 0 fully saturated rings. The molecule has 5 nitrogen and oxygen atoms in total. The Morgan fingerprint density at radius 1 is 1.38 bits per heavy atom. The van der Waals surface area contributed by atoms with Gasteiger partial charge in [-0.2, -0.15) is 0 Å². The molecule has 0 aliphatic heterocycles. The minimum Gasteiger partial charge on any atom is -0.390 e. The van der Waals surface area contributed by atoms with Crippen LogP contribution in [0.2, 0.25) is 0 Å². The third kappa shape index (κ3) is 4.04. The Balaban J connectivity index is 1.37. The summed E-state index contributed by atoms with van der Waals surface area (Å²) in [5, 5.41) is 13.4. The zero-order valence-corrected chi connectivity index (χ0v) is 16.6. The lowest BCUT2D eigenvalue weighted by molar-refractivity contribution is 0.0409. The lowest BCUT2D eigenvalue weighted by Crippen LogP contribution is -2.18. The van der Waals surface area contributed by atoms with E-state index >= 15 is 0 Å². The molecular weight excluding hydrogens is 388 g/mol. The van der Waals surface area contributed by atoms with Crippen LogP contribution in [-0.2, 0) is 24.2 Å². The van der Waals surface area contributed by atoms with Gasteiger partial charge in [-0.3, -0.25) is 4.79 Å². The number of H-pyrrole nitrogens is 1. The molecule has 0 aromatic carbocycles. The minimum atomic E-state index is -0.600. The van der Waals surface area contributed by atoms with Crippen LogP contribution >= 0.6 is 34.4 Å². The van der Waals surface area contributed by atoms with E-state index in [0.717, 1.165) is 34.4 Å². The molecule has 0 unspecified atom stereocenters. The lowest BCUT2D eigenvalue weighted by Gasteiger charge is -2.10. The van der Waals surface area contributed by atoms with Gasteiger partial charge in [0.25, 0.3) is 5.56 Å². The highest BCUT2D eigenvalue weighted by Gasteiger charge is 2.20. The number of aryl methyl sites for hydroxylation is 2. The number of hydrogen-bond donors (Lipinski definition) is 2. The molecule has 8 heteroatoms. The van der Waals surface area contributed by atoms with E-state index in [1.54, 1.807) is 22.7 Å². The number of aliphatic hydroxyl groups excluding tert-OH is 1. The van der Waals surface area contributed by atoms with Crippen LogP contribution in [0, 0.1) is 0 Å². The SMILES string of the molecule is O=c1[nH]c(SC[C@H](O)COCc2cccs2)nc2sc3c(c12)CCCC3. The maximum Gasteiger partial charge on any atom is 0.260 e. The van der Waals surface area contributed by atoms with Gasteiger partial charge in [0.2, 0.25) is 0 Å². The number of aromatic nitrogens is 2. The summed E-state index contributed by atoms with van der Waals surface area (Å²) in [6, 6.07) is 3.99. The predicted molar refractivity (Wildman–Crippen MR) is 108 cm³/mol. The van der Waals surface area contributed by atoms with Gasteiger partial charge in [0.05, 0.1) is 24.7 Å². The quantitative estimate of drug-likeness (QED) is 0.462. The maximum atomic E-state index is 12.5. The van der Waals surface area contributed by atoms with Gasteiger partial charge < -0.3 is 14.8 Å². The number of hydrogen-bond acceptors (Lipinski definition) is 7. The van der Waals surface area contributed by atoms with Crippen LogP contribution in [0.15, 0.2) is 27.5 Å². The zero-order valence-electron chi connectivity index (χ0n) is 14.2.